The van der Waals surface area contributed by atoms with Gasteiger partial charge < -0.3 is 18.6 Å². The summed E-state index contributed by atoms with van der Waals surface area (Å²) in [5.41, 5.74) is -0.827. The Morgan fingerprint density at radius 3 is 2.38 bits per heavy atom. The van der Waals surface area contributed by atoms with Gasteiger partial charge >= 0.3 is 16.1 Å². The van der Waals surface area contributed by atoms with E-state index in [1.807, 2.05) is 0 Å². The fourth-order valence-electron chi connectivity index (χ4n) is 1.12. The minimum Gasteiger partial charge on any atom is -0.504 e. The molecule has 0 aliphatic carbocycles. The van der Waals surface area contributed by atoms with E-state index in [-0.39, 0.29) is 0 Å². The van der Waals surface area contributed by atoms with E-state index in [1.54, 1.807) is 0 Å². The molecule has 1 aromatic carbocycles. The molecule has 0 fully saturated rings. The average Bonchev–Trinajstić information content (AvgIpc) is 2.47. The van der Waals surface area contributed by atoms with E-state index in [2.05, 4.69) is 8.37 Å². The molecule has 0 aromatic heterocycles. The third kappa shape index (κ3) is 1.35. The molecule has 9 nitrogen and oxygen atoms in total. The topological polar surface area (TPSA) is 136 Å². The van der Waals surface area contributed by atoms with Crippen molar-refractivity contribution in [2.45, 2.75) is 0 Å². The van der Waals surface area contributed by atoms with Gasteiger partial charge in [-0.3, -0.25) is 10.1 Å². The summed E-state index contributed by atoms with van der Waals surface area (Å²) in [5, 5.41) is 28.8. The number of hydrogen-bond donors (Lipinski definition) is 2. The second-order valence-corrected chi connectivity index (χ2v) is 3.90. The second-order valence-electron chi connectivity index (χ2n) is 2.75. The summed E-state index contributed by atoms with van der Waals surface area (Å²) in [6, 6.07) is 0.554. The zero-order valence-electron chi connectivity index (χ0n) is 7.28. The van der Waals surface area contributed by atoms with Crippen LogP contribution in [0.3, 0.4) is 0 Å². The van der Waals surface area contributed by atoms with Gasteiger partial charge in [-0.2, -0.15) is 0 Å². The van der Waals surface area contributed by atoms with Gasteiger partial charge in [0.25, 0.3) is 5.75 Å². The van der Waals surface area contributed by atoms with Gasteiger partial charge in [0.05, 0.1) is 11.0 Å². The van der Waals surface area contributed by atoms with Crippen molar-refractivity contribution in [2.75, 3.05) is 0 Å². The van der Waals surface area contributed by atoms with Crippen LogP contribution >= 0.6 is 0 Å². The Morgan fingerprint density at radius 1 is 1.25 bits per heavy atom. The third-order valence-electron chi connectivity index (χ3n) is 1.74. The molecular formula is C6H3NO8S. The fraction of sp³-hybridized carbons (Fsp3) is 0. The van der Waals surface area contributed by atoms with Crippen molar-refractivity contribution in [3.05, 3.63) is 16.2 Å². The molecule has 0 saturated carbocycles. The van der Waals surface area contributed by atoms with Crippen LogP contribution in [-0.4, -0.2) is 23.6 Å². The van der Waals surface area contributed by atoms with E-state index in [9.17, 15) is 23.6 Å². The second kappa shape index (κ2) is 2.88. The first-order valence-corrected chi connectivity index (χ1v) is 5.02. The van der Waals surface area contributed by atoms with E-state index < -0.39 is 44.0 Å². The minimum atomic E-state index is -4.48. The zero-order chi connectivity index (χ0) is 12.1. The number of aromatic hydroxyl groups is 2. The van der Waals surface area contributed by atoms with Gasteiger partial charge in [-0.05, 0) is 0 Å². The number of nitrogens with zero attached hydrogens (tertiary/aromatic N) is 1. The molecule has 1 aliphatic heterocycles. The monoisotopic (exact) mass is 249 g/mol. The van der Waals surface area contributed by atoms with E-state index in [4.69, 9.17) is 5.11 Å². The molecule has 0 radical (unpaired) electrons. The Balaban J connectivity index is 2.77. The van der Waals surface area contributed by atoms with Gasteiger partial charge in [0.1, 0.15) is 0 Å². The van der Waals surface area contributed by atoms with Crippen LogP contribution in [0.1, 0.15) is 0 Å². The predicted octanol–water partition coefficient (Wildman–Crippen LogP) is 0.0220. The van der Waals surface area contributed by atoms with Crippen LogP contribution in [-0.2, 0) is 10.4 Å². The van der Waals surface area contributed by atoms with Crippen molar-refractivity contribution in [2.24, 2.45) is 0 Å². The van der Waals surface area contributed by atoms with Gasteiger partial charge in [-0.25, -0.2) is 0 Å². The molecule has 0 bridgehead atoms. The summed E-state index contributed by atoms with van der Waals surface area (Å²) in [6.07, 6.45) is 0. The Labute approximate surface area is 87.9 Å². The molecule has 16 heavy (non-hydrogen) atoms. The highest BCUT2D eigenvalue weighted by molar-refractivity contribution is 7.82. The van der Waals surface area contributed by atoms with Crippen molar-refractivity contribution >= 4 is 16.1 Å². The third-order valence-corrected chi connectivity index (χ3v) is 2.48. The average molecular weight is 249 g/mol. The highest BCUT2D eigenvalue weighted by Gasteiger charge is 2.40. The van der Waals surface area contributed by atoms with Gasteiger partial charge in [0, 0.05) is 0 Å². The summed E-state index contributed by atoms with van der Waals surface area (Å²) >= 11 is 0. The highest BCUT2D eigenvalue weighted by Crippen LogP contribution is 2.52. The number of fused-ring (bicyclic) bond motifs is 1. The van der Waals surface area contributed by atoms with Crippen molar-refractivity contribution < 1.29 is 31.9 Å². The van der Waals surface area contributed by atoms with E-state index in [0.29, 0.717) is 6.07 Å². The smallest absolute Gasteiger partial charge is 0.501 e. The van der Waals surface area contributed by atoms with Crippen molar-refractivity contribution in [1.29, 1.82) is 0 Å². The Kier molecular flexibility index (Phi) is 1.85. The fourth-order valence-corrected chi connectivity index (χ4v) is 1.88. The predicted molar refractivity (Wildman–Crippen MR) is 46.6 cm³/mol. The van der Waals surface area contributed by atoms with E-state index in [0.717, 1.165) is 0 Å². The maximum atomic E-state index is 10.9. The van der Waals surface area contributed by atoms with Crippen molar-refractivity contribution in [3.63, 3.8) is 0 Å². The SMILES string of the molecule is O=[N+]([O-])c1cc(O)c(O)c2c1OS(=O)(=O)O2. The van der Waals surface area contributed by atoms with Gasteiger partial charge in [-0.1, -0.05) is 0 Å². The van der Waals surface area contributed by atoms with Crippen LogP contribution < -0.4 is 8.37 Å². The molecular weight excluding hydrogens is 246 g/mol. The molecule has 86 valence electrons. The maximum absolute atomic E-state index is 10.9. The van der Waals surface area contributed by atoms with Crippen LogP contribution in [0.4, 0.5) is 5.69 Å². The first kappa shape index (κ1) is 10.3. The number of benzene rings is 1. The normalized spacial score (nSPS) is 16.0. The van der Waals surface area contributed by atoms with Gasteiger partial charge in [-0.15, -0.1) is 8.42 Å². The molecule has 0 amide bonds. The molecule has 2 N–H and O–H groups in total. The number of hydrogen-bond acceptors (Lipinski definition) is 8. The summed E-state index contributed by atoms with van der Waals surface area (Å²) in [7, 11) is -4.48. The molecule has 0 unspecified atom stereocenters. The van der Waals surface area contributed by atoms with Crippen LogP contribution in [0.25, 0.3) is 0 Å². The van der Waals surface area contributed by atoms with E-state index >= 15 is 0 Å². The highest BCUT2D eigenvalue weighted by atomic mass is 32.3. The lowest BCUT2D eigenvalue weighted by atomic mass is 10.2. The van der Waals surface area contributed by atoms with Crippen LogP contribution in [0.15, 0.2) is 6.07 Å². The Hall–Kier alpha value is -2.23. The number of rotatable bonds is 1. The summed E-state index contributed by atoms with van der Waals surface area (Å²) in [6.45, 7) is 0. The summed E-state index contributed by atoms with van der Waals surface area (Å²) in [4.78, 5) is 9.53. The zero-order valence-corrected chi connectivity index (χ0v) is 8.09. The maximum Gasteiger partial charge on any atom is 0.501 e. The molecule has 1 aliphatic rings. The van der Waals surface area contributed by atoms with Crippen molar-refractivity contribution in [1.82, 2.24) is 0 Å². The van der Waals surface area contributed by atoms with Gasteiger partial charge in [0.2, 0.25) is 11.5 Å². The Morgan fingerprint density at radius 2 is 1.81 bits per heavy atom. The number of phenols is 2. The lowest BCUT2D eigenvalue weighted by Crippen LogP contribution is -2.08. The summed E-state index contributed by atoms with van der Waals surface area (Å²) in [5.74, 6) is -3.39. The largest absolute Gasteiger partial charge is 0.504 e. The number of nitro benzene ring substituents is 1. The molecule has 10 heteroatoms. The molecule has 0 saturated heterocycles. The number of phenolic OH excluding ortho intramolecular Hbond substituents is 2. The molecule has 0 spiro atoms. The molecule has 2 rings (SSSR count). The lowest BCUT2D eigenvalue weighted by molar-refractivity contribution is -0.385. The van der Waals surface area contributed by atoms with Gasteiger partial charge in [0.15, 0.2) is 5.75 Å². The van der Waals surface area contributed by atoms with Crippen molar-refractivity contribution in [3.8, 4) is 23.0 Å². The van der Waals surface area contributed by atoms with Crippen LogP contribution in [0, 0.1) is 10.1 Å². The van der Waals surface area contributed by atoms with Crippen LogP contribution in [0.2, 0.25) is 0 Å². The first-order chi connectivity index (χ1) is 7.32. The molecule has 1 aromatic rings. The standard InChI is InChI=1S/C6H3NO8S/c8-3-1-2(7(10)11)5-6(4(3)9)15-16(12,13)14-5/h1,8-9H. The Bertz CT molecular complexity index is 591. The molecule has 1 heterocycles. The number of nitro groups is 1. The molecule has 0 atom stereocenters. The minimum absolute atomic E-state index is 0.554. The lowest BCUT2D eigenvalue weighted by Gasteiger charge is -2.00. The summed E-state index contributed by atoms with van der Waals surface area (Å²) < 4.78 is 30.0. The quantitative estimate of drug-likeness (QED) is 0.403. The van der Waals surface area contributed by atoms with E-state index in [1.165, 1.54) is 0 Å². The van der Waals surface area contributed by atoms with Crippen LogP contribution in [0.5, 0.6) is 23.0 Å². The first-order valence-electron chi connectivity index (χ1n) is 3.69.